The van der Waals surface area contributed by atoms with Gasteiger partial charge in [-0.05, 0) is 0 Å². The first-order chi connectivity index (χ1) is 4.41. The van der Waals surface area contributed by atoms with Crippen molar-refractivity contribution in [1.29, 1.82) is 0 Å². The maximum Gasteiger partial charge on any atom is 1.00 e. The topological polar surface area (TPSA) is 58.7 Å². The molecule has 0 fully saturated rings. The Morgan fingerprint density at radius 2 is 0.800 bits per heavy atom. The van der Waals surface area contributed by atoms with Gasteiger partial charge in [-0.15, -0.1) is 0 Å². The van der Waals surface area contributed by atoms with Gasteiger partial charge in [0.05, 0.1) is 0 Å². The molecule has 0 aromatic heterocycles. The second kappa shape index (κ2) is 11.3. The summed E-state index contributed by atoms with van der Waals surface area (Å²) >= 11 is 0. The summed E-state index contributed by atoms with van der Waals surface area (Å²) in [5, 5.41) is 0. The summed E-state index contributed by atoms with van der Waals surface area (Å²) in [6.45, 7) is 0. The van der Waals surface area contributed by atoms with Crippen molar-refractivity contribution in [3.05, 3.63) is 52.4 Å². The van der Waals surface area contributed by atoms with Crippen LogP contribution in [-0.2, 0) is 0 Å². The average Bonchev–Trinajstić information content (AvgIpc) is 1.93. The number of hydrogen-bond donors (Lipinski definition) is 0. The molecule has 0 amide bonds. The van der Waals surface area contributed by atoms with Crippen LogP contribution in [0, 0.1) is 0 Å². The largest absolute Gasteiger partial charge is 1.00 e. The minimum absolute atomic E-state index is 0. The Bertz CT molecular complexity index is 143. The fourth-order valence-electron chi connectivity index (χ4n) is 0.385. The zero-order valence-electron chi connectivity index (χ0n) is 5.81. The zero-order chi connectivity index (χ0) is 6.95. The molecule has 1 aromatic rings. The van der Waals surface area contributed by atoms with Gasteiger partial charge in [0.2, 0.25) is 0 Å². The van der Waals surface area contributed by atoms with E-state index in [-0.39, 0.29) is 29.6 Å². The average molecular weight is 143 g/mol. The van der Waals surface area contributed by atoms with Crippen LogP contribution in [0.15, 0.2) is 36.4 Å². The van der Waals surface area contributed by atoms with Crippen LogP contribution in [-0.4, -0.2) is 0 Å². The second-order valence-corrected chi connectivity index (χ2v) is 1.24. The number of hydrogen-bond acceptors (Lipinski definition) is 0. The number of nitrogens with zero attached hydrogens (tertiary/aromatic N) is 3. The molecule has 1 rings (SSSR count). The molecule has 0 heterocycles. The zero-order valence-corrected chi connectivity index (χ0v) is 7.81. The van der Waals surface area contributed by atoms with Gasteiger partial charge in [0.1, 0.15) is 0 Å². The van der Waals surface area contributed by atoms with Crippen LogP contribution < -0.4 is 29.6 Å². The van der Waals surface area contributed by atoms with Crippen molar-refractivity contribution in [3.8, 4) is 0 Å². The minimum Gasteiger partial charge on any atom is -0.373 e. The van der Waals surface area contributed by atoms with Crippen molar-refractivity contribution in [2.75, 3.05) is 0 Å². The van der Waals surface area contributed by atoms with Crippen LogP contribution in [0.3, 0.4) is 0 Å². The number of benzene rings is 1. The Morgan fingerprint density at radius 1 is 0.700 bits per heavy atom. The van der Waals surface area contributed by atoms with Gasteiger partial charge in [0.25, 0.3) is 0 Å². The van der Waals surface area contributed by atoms with Gasteiger partial charge in [0, 0.05) is 0 Å². The first kappa shape index (κ1) is 12.2. The van der Waals surface area contributed by atoms with Crippen molar-refractivity contribution in [3.63, 3.8) is 0 Å². The summed E-state index contributed by atoms with van der Waals surface area (Å²) in [5.74, 6) is 0. The third kappa shape index (κ3) is 10.5. The molecule has 0 N–H and O–H groups in total. The van der Waals surface area contributed by atoms with Gasteiger partial charge in [-0.1, -0.05) is 36.4 Å². The van der Waals surface area contributed by atoms with E-state index in [0.717, 1.165) is 0 Å². The summed E-state index contributed by atoms with van der Waals surface area (Å²) < 4.78 is 0. The van der Waals surface area contributed by atoms with Crippen LogP contribution in [0.5, 0.6) is 0 Å². The summed E-state index contributed by atoms with van der Waals surface area (Å²) in [6.07, 6.45) is 0. The van der Waals surface area contributed by atoms with E-state index in [1.165, 1.54) is 4.91 Å². The normalized spacial score (nSPS) is 5.60. The fourth-order valence-corrected chi connectivity index (χ4v) is 0.385. The molecule has 0 aliphatic heterocycles. The monoisotopic (exact) mass is 143 g/mol. The first-order valence-corrected chi connectivity index (χ1v) is 2.40. The van der Waals surface area contributed by atoms with Gasteiger partial charge in [-0.3, -0.25) is 4.91 Å². The Morgan fingerprint density at radius 3 is 0.900 bits per heavy atom. The van der Waals surface area contributed by atoms with Crippen molar-refractivity contribution < 1.29 is 29.6 Å². The quantitative estimate of drug-likeness (QED) is 0.204. The first-order valence-electron chi connectivity index (χ1n) is 2.40. The predicted octanol–water partition coefficient (Wildman–Crippen LogP) is -0.443. The van der Waals surface area contributed by atoms with E-state index < -0.39 is 0 Å². The molecule has 0 bridgehead atoms. The van der Waals surface area contributed by atoms with Crippen molar-refractivity contribution in [1.82, 2.24) is 0 Å². The molecule has 0 spiro atoms. The van der Waals surface area contributed by atoms with E-state index in [1.807, 2.05) is 36.4 Å². The number of rotatable bonds is 0. The third-order valence-corrected chi connectivity index (χ3v) is 0.667. The Balaban J connectivity index is 0. The minimum atomic E-state index is 0. The predicted molar refractivity (Wildman–Crippen MR) is 36.5 cm³/mol. The van der Waals surface area contributed by atoms with Crippen molar-refractivity contribution in [2.24, 2.45) is 0 Å². The van der Waals surface area contributed by atoms with Gasteiger partial charge < -0.3 is 11.1 Å². The van der Waals surface area contributed by atoms with Gasteiger partial charge in [0.15, 0.2) is 0 Å². The molecule has 46 valence electrons. The van der Waals surface area contributed by atoms with E-state index in [1.54, 1.807) is 0 Å². The van der Waals surface area contributed by atoms with Crippen LogP contribution in [0.4, 0.5) is 0 Å². The molecule has 0 aliphatic rings. The molecule has 10 heavy (non-hydrogen) atoms. The summed E-state index contributed by atoms with van der Waals surface area (Å²) in [4.78, 5) is 1.50. The van der Waals surface area contributed by atoms with Gasteiger partial charge in [-0.25, -0.2) is 0 Å². The van der Waals surface area contributed by atoms with E-state index >= 15 is 0 Å². The summed E-state index contributed by atoms with van der Waals surface area (Å²) in [7, 11) is 0. The SMILES string of the molecule is [N-]=[N+]=[N-].[Na+].c1ccccc1. The molecule has 0 radical (unpaired) electrons. The molecule has 0 saturated heterocycles. The molecule has 1 aromatic carbocycles. The van der Waals surface area contributed by atoms with E-state index in [4.69, 9.17) is 11.1 Å². The van der Waals surface area contributed by atoms with Crippen molar-refractivity contribution >= 4 is 0 Å². The van der Waals surface area contributed by atoms with Gasteiger partial charge in [-0.2, -0.15) is 0 Å². The summed E-state index contributed by atoms with van der Waals surface area (Å²) in [5.41, 5.74) is 13.5. The fraction of sp³-hybridized carbons (Fsp3) is 0. The van der Waals surface area contributed by atoms with E-state index in [9.17, 15) is 0 Å². The maximum absolute atomic E-state index is 6.75. The maximum atomic E-state index is 6.75. The smallest absolute Gasteiger partial charge is 0.373 e. The molecule has 4 heteroatoms. The van der Waals surface area contributed by atoms with Gasteiger partial charge >= 0.3 is 29.6 Å². The van der Waals surface area contributed by atoms with Crippen LogP contribution in [0.2, 0.25) is 0 Å². The molecule has 3 nitrogen and oxygen atoms in total. The molecular formula is C6H6N3Na. The molecule has 0 saturated carbocycles. The van der Waals surface area contributed by atoms with Crippen LogP contribution in [0.25, 0.3) is 16.0 Å². The standard InChI is InChI=1S/C6H6.N3.Na/c1-2-4-6-5-3-1;1-3-2;/h1-6H;;/q;-1;+1. The Hall–Kier alpha value is -0.470. The molecular weight excluding hydrogens is 137 g/mol. The van der Waals surface area contributed by atoms with E-state index in [0.29, 0.717) is 0 Å². The molecule has 0 atom stereocenters. The summed E-state index contributed by atoms with van der Waals surface area (Å²) in [6, 6.07) is 12.0. The van der Waals surface area contributed by atoms with Crippen LogP contribution >= 0.6 is 0 Å². The van der Waals surface area contributed by atoms with Crippen molar-refractivity contribution in [2.45, 2.75) is 0 Å². The molecule has 0 unspecified atom stereocenters. The van der Waals surface area contributed by atoms with Crippen LogP contribution in [0.1, 0.15) is 0 Å². The van der Waals surface area contributed by atoms with E-state index in [2.05, 4.69) is 0 Å². The Kier molecular flexibility index (Phi) is 13.9. The third-order valence-electron chi connectivity index (χ3n) is 0.667. The molecule has 0 aliphatic carbocycles. The second-order valence-electron chi connectivity index (χ2n) is 1.24. The Labute approximate surface area is 81.8 Å².